The van der Waals surface area contributed by atoms with Gasteiger partial charge in [0.05, 0.1) is 17.1 Å². The summed E-state index contributed by atoms with van der Waals surface area (Å²) in [6.07, 6.45) is 5.80. The third-order valence-corrected chi connectivity index (χ3v) is 7.78. The molecule has 2 atom stereocenters. The summed E-state index contributed by atoms with van der Waals surface area (Å²) in [6.45, 7) is 1.55. The molecular formula is C24H26FN7O2S. The molecule has 0 fully saturated rings. The molecule has 11 heteroatoms. The molecule has 2 aliphatic rings. The average molecular weight is 496 g/mol. The number of nitrogens with one attached hydrogen (secondary N) is 1. The molecule has 0 saturated carbocycles. The van der Waals surface area contributed by atoms with E-state index in [1.807, 2.05) is 29.6 Å². The number of amides is 1. The van der Waals surface area contributed by atoms with Gasteiger partial charge in [-0.15, -0.1) is 0 Å². The Kier molecular flexibility index (Phi) is 6.20. The van der Waals surface area contributed by atoms with Crippen molar-refractivity contribution in [2.45, 2.75) is 30.2 Å². The van der Waals surface area contributed by atoms with Crippen molar-refractivity contribution in [2.24, 2.45) is 10.7 Å². The van der Waals surface area contributed by atoms with Crippen LogP contribution >= 0.6 is 11.9 Å². The fraction of sp³-hybridized carbons (Fsp3) is 0.333. The first-order valence-electron chi connectivity index (χ1n) is 11.2. The van der Waals surface area contributed by atoms with Gasteiger partial charge in [0.15, 0.2) is 6.39 Å². The van der Waals surface area contributed by atoms with E-state index in [2.05, 4.69) is 27.2 Å². The first kappa shape index (κ1) is 23.3. The molecule has 35 heavy (non-hydrogen) atoms. The molecule has 0 saturated heterocycles. The number of oxazole rings is 1. The lowest BCUT2D eigenvalue weighted by Gasteiger charge is -2.50. The minimum Gasteiger partial charge on any atom is -0.451 e. The Bertz CT molecular complexity index is 1250. The highest BCUT2D eigenvalue weighted by Gasteiger charge is 2.52. The smallest absolute Gasteiger partial charge is 0.274 e. The largest absolute Gasteiger partial charge is 0.451 e. The van der Waals surface area contributed by atoms with E-state index in [4.69, 9.17) is 15.1 Å². The number of guanidine groups is 1. The van der Waals surface area contributed by atoms with E-state index in [0.717, 1.165) is 36.8 Å². The second-order valence-electron chi connectivity index (χ2n) is 8.86. The van der Waals surface area contributed by atoms with E-state index < -0.39 is 17.3 Å². The lowest BCUT2D eigenvalue weighted by molar-refractivity contribution is 0.102. The number of nitrogens with zero attached hydrogens (tertiary/aromatic N) is 5. The highest BCUT2D eigenvalue weighted by molar-refractivity contribution is 7.98. The molecular weight excluding hydrogens is 469 g/mol. The Morgan fingerprint density at radius 3 is 2.97 bits per heavy atom. The number of aliphatic imine (C=N–C) groups is 1. The van der Waals surface area contributed by atoms with E-state index in [1.54, 1.807) is 18.2 Å². The number of fused-ring (bicyclic) bond motifs is 2. The molecule has 0 unspecified atom stereocenters. The molecule has 1 aromatic carbocycles. The maximum atomic E-state index is 13.2. The number of rotatable bonds is 7. The normalized spacial score (nSPS) is 21.0. The van der Waals surface area contributed by atoms with Gasteiger partial charge >= 0.3 is 0 Å². The maximum Gasteiger partial charge on any atom is 0.274 e. The van der Waals surface area contributed by atoms with Crippen LogP contribution in [0, 0.1) is 5.82 Å². The number of nitrogens with two attached hydrogens (primary N) is 1. The molecule has 3 aromatic rings. The quantitative estimate of drug-likeness (QED) is 0.481. The Balaban J connectivity index is 1.35. The molecule has 182 valence electrons. The van der Waals surface area contributed by atoms with E-state index in [-0.39, 0.29) is 10.9 Å². The average Bonchev–Trinajstić information content (AvgIpc) is 3.33. The third-order valence-electron chi connectivity index (χ3n) is 6.40. The van der Waals surface area contributed by atoms with E-state index >= 15 is 0 Å². The monoisotopic (exact) mass is 495 g/mol. The number of aromatic nitrogens is 2. The highest BCUT2D eigenvalue weighted by atomic mass is 32.2. The summed E-state index contributed by atoms with van der Waals surface area (Å²) in [4.78, 5) is 27.8. The molecule has 1 amide bonds. The third kappa shape index (κ3) is 4.61. The van der Waals surface area contributed by atoms with Crippen LogP contribution in [0.25, 0.3) is 0 Å². The van der Waals surface area contributed by atoms with Crippen LogP contribution in [-0.2, 0) is 18.5 Å². The zero-order valence-corrected chi connectivity index (χ0v) is 20.3. The van der Waals surface area contributed by atoms with Crippen LogP contribution < -0.4 is 11.1 Å². The predicted molar refractivity (Wildman–Crippen MR) is 132 cm³/mol. The summed E-state index contributed by atoms with van der Waals surface area (Å²) in [7, 11) is 3.98. The van der Waals surface area contributed by atoms with Crippen molar-refractivity contribution in [1.29, 1.82) is 0 Å². The minimum absolute atomic E-state index is 0.147. The lowest BCUT2D eigenvalue weighted by atomic mass is 9.68. The molecule has 9 nitrogen and oxygen atoms in total. The second kappa shape index (κ2) is 9.31. The topological polar surface area (TPSA) is 113 Å². The lowest BCUT2D eigenvalue weighted by Crippen LogP contribution is -2.53. The van der Waals surface area contributed by atoms with Crippen LogP contribution in [0.1, 0.15) is 33.7 Å². The maximum absolute atomic E-state index is 13.2. The molecule has 0 radical (unpaired) electrons. The molecule has 5 rings (SSSR count). The molecule has 1 aliphatic heterocycles. The van der Waals surface area contributed by atoms with E-state index in [9.17, 15) is 9.18 Å². The zero-order chi connectivity index (χ0) is 24.6. The van der Waals surface area contributed by atoms with Gasteiger partial charge in [-0.05, 0) is 67.4 Å². The van der Waals surface area contributed by atoms with Crippen molar-refractivity contribution in [3.05, 3.63) is 77.5 Å². The van der Waals surface area contributed by atoms with Gasteiger partial charge in [0, 0.05) is 25.7 Å². The number of halogens is 1. The number of hydrogen-bond donors (Lipinski definition) is 2. The molecule has 1 aliphatic carbocycles. The molecule has 3 N–H and O–H groups in total. The second-order valence-corrected chi connectivity index (χ2v) is 10.2. The van der Waals surface area contributed by atoms with Crippen LogP contribution in [0.5, 0.6) is 0 Å². The van der Waals surface area contributed by atoms with Crippen molar-refractivity contribution < 1.29 is 13.6 Å². The number of anilines is 1. The van der Waals surface area contributed by atoms with Gasteiger partial charge < -0.3 is 20.4 Å². The van der Waals surface area contributed by atoms with Crippen molar-refractivity contribution in [1.82, 2.24) is 19.2 Å². The van der Waals surface area contributed by atoms with Crippen molar-refractivity contribution >= 4 is 29.5 Å². The van der Waals surface area contributed by atoms with Crippen LogP contribution in [0.15, 0.2) is 58.6 Å². The van der Waals surface area contributed by atoms with Crippen LogP contribution in [0.3, 0.4) is 0 Å². The number of pyridine rings is 1. The molecule has 3 heterocycles. The van der Waals surface area contributed by atoms with Gasteiger partial charge in [0.2, 0.25) is 5.96 Å². The SMILES string of the molecule is CN(CC[C@@H]1SN(C)C(N)=N[C@@]12Cc1ccc(NC(=O)c3ccc(F)cn3)cc12)Cc1cocn1. The standard InChI is InChI=1S/C24H26FN7O2S/c1-31(12-18-13-34-14-28-18)8-7-21-24(30-23(26)32(2)35-21)10-15-3-5-17(9-19(15)24)29-22(33)20-6-4-16(25)11-27-20/h3-6,9,11,13-14,21H,7-8,10,12H2,1-2H3,(H2,26,30)(H,29,33)/t21-,24+/m0/s1. The van der Waals surface area contributed by atoms with Crippen molar-refractivity contribution in [3.8, 4) is 0 Å². The number of carbonyl (C=O) groups excluding carboxylic acids is 1. The van der Waals surface area contributed by atoms with Gasteiger partial charge in [-0.25, -0.2) is 19.4 Å². The Labute approximate surface area is 206 Å². The molecule has 2 aromatic heterocycles. The highest BCUT2D eigenvalue weighted by Crippen LogP contribution is 2.53. The summed E-state index contributed by atoms with van der Waals surface area (Å²) >= 11 is 1.69. The van der Waals surface area contributed by atoms with Crippen LogP contribution in [-0.4, -0.2) is 56.9 Å². The van der Waals surface area contributed by atoms with Crippen LogP contribution in [0.2, 0.25) is 0 Å². The van der Waals surface area contributed by atoms with Gasteiger partial charge in [-0.3, -0.25) is 9.10 Å². The predicted octanol–water partition coefficient (Wildman–Crippen LogP) is 3.01. The summed E-state index contributed by atoms with van der Waals surface area (Å²) < 4.78 is 20.1. The summed E-state index contributed by atoms with van der Waals surface area (Å²) in [5.41, 5.74) is 9.72. The van der Waals surface area contributed by atoms with E-state index in [0.29, 0.717) is 18.2 Å². The first-order valence-corrected chi connectivity index (χ1v) is 12.1. The number of carbonyl (C=O) groups is 1. The summed E-state index contributed by atoms with van der Waals surface area (Å²) in [6, 6.07) is 8.41. The Morgan fingerprint density at radius 1 is 1.37 bits per heavy atom. The fourth-order valence-corrected chi connectivity index (χ4v) is 5.74. The minimum atomic E-state index is -0.488. The fourth-order valence-electron chi connectivity index (χ4n) is 4.56. The van der Waals surface area contributed by atoms with Gasteiger partial charge in [-0.2, -0.15) is 0 Å². The van der Waals surface area contributed by atoms with E-state index in [1.165, 1.54) is 24.1 Å². The zero-order valence-electron chi connectivity index (χ0n) is 19.4. The molecule has 1 spiro atoms. The Morgan fingerprint density at radius 2 is 2.23 bits per heavy atom. The summed E-state index contributed by atoms with van der Waals surface area (Å²) in [5, 5.41) is 3.03. The number of benzene rings is 1. The summed E-state index contributed by atoms with van der Waals surface area (Å²) in [5.74, 6) is -0.402. The van der Waals surface area contributed by atoms with Crippen molar-refractivity contribution in [2.75, 3.05) is 26.0 Å². The Hall–Kier alpha value is -3.44. The molecule has 0 bridgehead atoms. The van der Waals surface area contributed by atoms with Gasteiger partial charge in [0.25, 0.3) is 5.91 Å². The first-order chi connectivity index (χ1) is 16.8. The van der Waals surface area contributed by atoms with Crippen molar-refractivity contribution in [3.63, 3.8) is 0 Å². The van der Waals surface area contributed by atoms with Gasteiger partial charge in [-0.1, -0.05) is 6.07 Å². The van der Waals surface area contributed by atoms with Crippen LogP contribution in [0.4, 0.5) is 10.1 Å². The number of hydrogen-bond acceptors (Lipinski definition) is 9. The van der Waals surface area contributed by atoms with Gasteiger partial charge in [0.1, 0.15) is 23.3 Å².